The van der Waals surface area contributed by atoms with Crippen molar-refractivity contribution in [3.63, 3.8) is 0 Å². The quantitative estimate of drug-likeness (QED) is 0.510. The van der Waals surface area contributed by atoms with Crippen LogP contribution in [-0.4, -0.2) is 18.1 Å². The van der Waals surface area contributed by atoms with Crippen LogP contribution >= 0.6 is 22.6 Å². The van der Waals surface area contributed by atoms with E-state index in [2.05, 4.69) is 40.0 Å². The Morgan fingerprint density at radius 2 is 2.00 bits per heavy atom. The third-order valence-electron chi connectivity index (χ3n) is 1.76. The van der Waals surface area contributed by atoms with Crippen molar-refractivity contribution >= 4 is 22.6 Å². The second-order valence-corrected chi connectivity index (χ2v) is 3.79. The first-order valence-corrected chi connectivity index (χ1v) is 5.79. The number of hydrogen-bond donors (Lipinski definition) is 1. The van der Waals surface area contributed by atoms with Crippen LogP contribution in [0.1, 0.15) is 5.56 Å². The van der Waals surface area contributed by atoms with Gasteiger partial charge < -0.3 is 10.1 Å². The summed E-state index contributed by atoms with van der Waals surface area (Å²) < 4.78 is 6.22. The van der Waals surface area contributed by atoms with Gasteiger partial charge in [-0.15, -0.1) is 0 Å². The minimum Gasteiger partial charge on any atom is -0.497 e. The van der Waals surface area contributed by atoms with E-state index in [0.717, 1.165) is 23.3 Å². The van der Waals surface area contributed by atoms with Crippen LogP contribution in [0.15, 0.2) is 24.3 Å². The summed E-state index contributed by atoms with van der Waals surface area (Å²) in [4.78, 5) is 0. The van der Waals surface area contributed by atoms with Gasteiger partial charge in [0.15, 0.2) is 0 Å². The molecule has 3 heteroatoms. The summed E-state index contributed by atoms with van der Waals surface area (Å²) in [6.45, 7) is 2.00. The van der Waals surface area contributed by atoms with Gasteiger partial charge in [-0.2, -0.15) is 0 Å². The van der Waals surface area contributed by atoms with Crippen LogP contribution in [0.3, 0.4) is 0 Å². The molecule has 0 heterocycles. The summed E-state index contributed by atoms with van der Waals surface area (Å²) in [5.74, 6) is 0.914. The fourth-order valence-corrected chi connectivity index (χ4v) is 1.42. The third kappa shape index (κ3) is 3.95. The zero-order chi connectivity index (χ0) is 9.52. The number of halogens is 1. The molecule has 0 atom stereocenters. The average Bonchev–Trinajstić information content (AvgIpc) is 2.19. The molecule has 0 amide bonds. The molecule has 0 radical (unpaired) electrons. The SMILES string of the molecule is COc1ccc(CNCCI)cc1. The molecule has 72 valence electrons. The van der Waals surface area contributed by atoms with Gasteiger partial charge in [0.05, 0.1) is 7.11 Å². The summed E-state index contributed by atoms with van der Waals surface area (Å²) in [6, 6.07) is 8.14. The molecule has 2 nitrogen and oxygen atoms in total. The highest BCUT2D eigenvalue weighted by atomic mass is 127. The molecular weight excluding hydrogens is 277 g/mol. The van der Waals surface area contributed by atoms with Crippen molar-refractivity contribution in [1.29, 1.82) is 0 Å². The Hall–Kier alpha value is -0.290. The van der Waals surface area contributed by atoms with E-state index in [1.54, 1.807) is 7.11 Å². The molecule has 0 aromatic heterocycles. The number of alkyl halides is 1. The molecule has 1 rings (SSSR count). The molecule has 13 heavy (non-hydrogen) atoms. The number of ether oxygens (including phenoxy) is 1. The predicted molar refractivity (Wildman–Crippen MR) is 63.6 cm³/mol. The van der Waals surface area contributed by atoms with Crippen LogP contribution in [0.25, 0.3) is 0 Å². The number of nitrogens with one attached hydrogen (secondary N) is 1. The maximum absolute atomic E-state index is 5.07. The van der Waals surface area contributed by atoms with Crippen molar-refractivity contribution < 1.29 is 4.74 Å². The first kappa shape index (κ1) is 10.8. The van der Waals surface area contributed by atoms with Crippen molar-refractivity contribution in [1.82, 2.24) is 5.32 Å². The topological polar surface area (TPSA) is 21.3 Å². The van der Waals surface area contributed by atoms with E-state index in [0.29, 0.717) is 0 Å². The van der Waals surface area contributed by atoms with Gasteiger partial charge in [-0.25, -0.2) is 0 Å². The van der Waals surface area contributed by atoms with Gasteiger partial charge in [-0.05, 0) is 17.7 Å². The fraction of sp³-hybridized carbons (Fsp3) is 0.400. The minimum atomic E-state index is 0.914. The van der Waals surface area contributed by atoms with E-state index in [-0.39, 0.29) is 0 Å². The minimum absolute atomic E-state index is 0.914. The van der Waals surface area contributed by atoms with Crippen LogP contribution in [0.5, 0.6) is 5.75 Å². The van der Waals surface area contributed by atoms with Crippen molar-refractivity contribution in [2.75, 3.05) is 18.1 Å². The lowest BCUT2D eigenvalue weighted by Crippen LogP contribution is -2.15. The molecule has 0 saturated carbocycles. The normalized spacial score (nSPS) is 10.0. The van der Waals surface area contributed by atoms with E-state index < -0.39 is 0 Å². The molecule has 0 bridgehead atoms. The average molecular weight is 291 g/mol. The summed E-state index contributed by atoms with van der Waals surface area (Å²) in [7, 11) is 1.68. The Morgan fingerprint density at radius 1 is 1.31 bits per heavy atom. The Morgan fingerprint density at radius 3 is 2.54 bits per heavy atom. The number of benzene rings is 1. The van der Waals surface area contributed by atoms with Gasteiger partial charge in [0.2, 0.25) is 0 Å². The third-order valence-corrected chi connectivity index (χ3v) is 2.30. The molecule has 0 spiro atoms. The number of rotatable bonds is 5. The highest BCUT2D eigenvalue weighted by Crippen LogP contribution is 2.10. The van der Waals surface area contributed by atoms with E-state index in [9.17, 15) is 0 Å². The molecule has 0 aliphatic carbocycles. The summed E-state index contributed by atoms with van der Waals surface area (Å²) in [5.41, 5.74) is 1.30. The summed E-state index contributed by atoms with van der Waals surface area (Å²) in [5, 5.41) is 3.34. The Labute approximate surface area is 92.8 Å². The van der Waals surface area contributed by atoms with Crippen LogP contribution in [0.4, 0.5) is 0 Å². The molecule has 0 unspecified atom stereocenters. The van der Waals surface area contributed by atoms with Crippen LogP contribution in [0.2, 0.25) is 0 Å². The van der Waals surface area contributed by atoms with Gasteiger partial charge in [0.1, 0.15) is 5.75 Å². The molecule has 1 N–H and O–H groups in total. The van der Waals surface area contributed by atoms with E-state index in [1.165, 1.54) is 5.56 Å². The molecule has 0 fully saturated rings. The lowest BCUT2D eigenvalue weighted by molar-refractivity contribution is 0.414. The van der Waals surface area contributed by atoms with Crippen molar-refractivity contribution in [2.24, 2.45) is 0 Å². The zero-order valence-corrected chi connectivity index (χ0v) is 9.87. The molecule has 1 aromatic carbocycles. The van der Waals surface area contributed by atoms with E-state index in [1.807, 2.05) is 12.1 Å². The first-order chi connectivity index (χ1) is 6.36. The van der Waals surface area contributed by atoms with Crippen molar-refractivity contribution in [3.05, 3.63) is 29.8 Å². The Kier molecular flexibility index (Phi) is 5.15. The maximum Gasteiger partial charge on any atom is 0.118 e. The fourth-order valence-electron chi connectivity index (χ4n) is 1.04. The van der Waals surface area contributed by atoms with Gasteiger partial charge in [0.25, 0.3) is 0 Å². The molecule has 0 saturated heterocycles. The van der Waals surface area contributed by atoms with E-state index >= 15 is 0 Å². The van der Waals surface area contributed by atoms with Crippen LogP contribution in [0, 0.1) is 0 Å². The molecule has 0 aliphatic heterocycles. The maximum atomic E-state index is 5.07. The Balaban J connectivity index is 2.40. The largest absolute Gasteiger partial charge is 0.497 e. The highest BCUT2D eigenvalue weighted by Gasteiger charge is 1.92. The molecular formula is C10H14INO. The van der Waals surface area contributed by atoms with Crippen molar-refractivity contribution in [3.8, 4) is 5.75 Å². The smallest absolute Gasteiger partial charge is 0.118 e. The van der Waals surface area contributed by atoms with E-state index in [4.69, 9.17) is 4.74 Å². The zero-order valence-electron chi connectivity index (χ0n) is 7.72. The standard InChI is InChI=1S/C10H14INO/c1-13-10-4-2-9(3-5-10)8-12-7-6-11/h2-5,12H,6-8H2,1H3. The highest BCUT2D eigenvalue weighted by molar-refractivity contribution is 14.1. The predicted octanol–water partition coefficient (Wildman–Crippen LogP) is 2.22. The summed E-state index contributed by atoms with van der Waals surface area (Å²) in [6.07, 6.45) is 0. The van der Waals surface area contributed by atoms with Crippen LogP contribution < -0.4 is 10.1 Å². The van der Waals surface area contributed by atoms with Gasteiger partial charge in [-0.3, -0.25) is 0 Å². The number of methoxy groups -OCH3 is 1. The second kappa shape index (κ2) is 6.21. The lowest BCUT2D eigenvalue weighted by Gasteiger charge is -2.04. The second-order valence-electron chi connectivity index (χ2n) is 2.71. The lowest BCUT2D eigenvalue weighted by atomic mass is 10.2. The van der Waals surface area contributed by atoms with Gasteiger partial charge in [-0.1, -0.05) is 34.7 Å². The summed E-state index contributed by atoms with van der Waals surface area (Å²) >= 11 is 2.36. The number of hydrogen-bond acceptors (Lipinski definition) is 2. The van der Waals surface area contributed by atoms with Gasteiger partial charge >= 0.3 is 0 Å². The van der Waals surface area contributed by atoms with Gasteiger partial charge in [0, 0.05) is 17.5 Å². The van der Waals surface area contributed by atoms with Crippen LogP contribution in [-0.2, 0) is 6.54 Å². The first-order valence-electron chi connectivity index (χ1n) is 4.26. The van der Waals surface area contributed by atoms with Crippen molar-refractivity contribution in [2.45, 2.75) is 6.54 Å². The Bertz CT molecular complexity index is 235. The monoisotopic (exact) mass is 291 g/mol. The molecule has 1 aromatic rings. The molecule has 0 aliphatic rings.